The van der Waals surface area contributed by atoms with Gasteiger partial charge in [0, 0.05) is 0 Å². The highest BCUT2D eigenvalue weighted by molar-refractivity contribution is 7.28. The van der Waals surface area contributed by atoms with Gasteiger partial charge in [0.15, 0.2) is 17.0 Å². The van der Waals surface area contributed by atoms with Gasteiger partial charge in [-0.15, -0.1) is 0 Å². The standard InChI is InChI=1S/C2H2N4P2/c1-3-7-5-2-6-8-4-1/h1-2H/b3-1-,4-1?,5-2?,6-2-. The van der Waals surface area contributed by atoms with Crippen molar-refractivity contribution < 1.29 is 0 Å². The first-order valence-corrected chi connectivity index (χ1v) is 3.43. The third-order valence-corrected chi connectivity index (χ3v) is 1.24. The first kappa shape index (κ1) is 5.67. The van der Waals surface area contributed by atoms with Gasteiger partial charge in [0.25, 0.3) is 0 Å². The molecule has 0 radical (unpaired) electrons. The predicted octanol–water partition coefficient (Wildman–Crippen LogP) is 2.15. The summed E-state index contributed by atoms with van der Waals surface area (Å²) in [5.74, 6) is 0. The summed E-state index contributed by atoms with van der Waals surface area (Å²) < 4.78 is 15.0. The molecule has 0 bridgehead atoms. The van der Waals surface area contributed by atoms with Crippen LogP contribution in [0.1, 0.15) is 0 Å². The quantitative estimate of drug-likeness (QED) is 0.467. The molecule has 8 heavy (non-hydrogen) atoms. The van der Waals surface area contributed by atoms with Gasteiger partial charge in [0.2, 0.25) is 0 Å². The highest BCUT2D eigenvalue weighted by Crippen LogP contribution is 2.05. The van der Waals surface area contributed by atoms with Crippen LogP contribution in [0.5, 0.6) is 0 Å². The lowest BCUT2D eigenvalue weighted by Gasteiger charge is -1.74. The van der Waals surface area contributed by atoms with Gasteiger partial charge < -0.3 is 0 Å². The van der Waals surface area contributed by atoms with Crippen molar-refractivity contribution in [3.05, 3.63) is 0 Å². The second-order valence-corrected chi connectivity index (χ2v) is 2.15. The Labute approximate surface area is 49.6 Å². The second-order valence-electron chi connectivity index (χ2n) is 0.872. The number of nitrogens with zero attached hydrogens (tertiary/aromatic N) is 4. The van der Waals surface area contributed by atoms with E-state index in [0.717, 1.165) is 0 Å². The van der Waals surface area contributed by atoms with E-state index in [2.05, 4.69) is 19.0 Å². The fourth-order valence-corrected chi connectivity index (χ4v) is 0.872. The van der Waals surface area contributed by atoms with Crippen LogP contribution >= 0.6 is 17.0 Å². The van der Waals surface area contributed by atoms with Crippen LogP contribution in [0.3, 0.4) is 0 Å². The summed E-state index contributed by atoms with van der Waals surface area (Å²) in [6, 6.07) is 0. The Balaban J connectivity index is 2.67. The van der Waals surface area contributed by atoms with Crippen LogP contribution in [0.25, 0.3) is 0 Å². The van der Waals surface area contributed by atoms with E-state index >= 15 is 0 Å². The fourth-order valence-electron chi connectivity index (χ4n) is 0.198. The molecule has 1 heterocycles. The van der Waals surface area contributed by atoms with E-state index < -0.39 is 0 Å². The van der Waals surface area contributed by atoms with Gasteiger partial charge in [-0.05, 0) is 0 Å². The van der Waals surface area contributed by atoms with Crippen molar-refractivity contribution in [3.63, 3.8) is 0 Å². The highest BCUT2D eigenvalue weighted by atomic mass is 31.1. The van der Waals surface area contributed by atoms with E-state index in [1.54, 1.807) is 0 Å². The largest absolute Gasteiger partial charge is 0.196 e. The van der Waals surface area contributed by atoms with Gasteiger partial charge in [-0.2, -0.15) is 19.0 Å². The monoisotopic (exact) mass is 144 g/mol. The molecule has 0 unspecified atom stereocenters. The molecule has 0 aromatic rings. The van der Waals surface area contributed by atoms with Crippen molar-refractivity contribution in [1.29, 1.82) is 0 Å². The summed E-state index contributed by atoms with van der Waals surface area (Å²) in [5, 5.41) is 0. The predicted molar refractivity (Wildman–Crippen MR) is 35.7 cm³/mol. The molecule has 40 valence electrons. The summed E-state index contributed by atoms with van der Waals surface area (Å²) in [6.45, 7) is 0. The van der Waals surface area contributed by atoms with Crippen LogP contribution in [0, 0.1) is 0 Å². The Morgan fingerprint density at radius 3 is 1.88 bits per heavy atom. The van der Waals surface area contributed by atoms with Crippen LogP contribution in [-0.4, -0.2) is 12.7 Å². The summed E-state index contributed by atoms with van der Waals surface area (Å²) in [5.41, 5.74) is 0. The minimum Gasteiger partial charge on any atom is -0.196 e. The third-order valence-electron chi connectivity index (χ3n) is 0.413. The van der Waals surface area contributed by atoms with Crippen LogP contribution in [0.2, 0.25) is 0 Å². The Bertz CT molecular complexity index is 113. The van der Waals surface area contributed by atoms with E-state index in [1.807, 2.05) is 0 Å². The van der Waals surface area contributed by atoms with Crippen LogP contribution in [0.15, 0.2) is 19.0 Å². The lowest BCUT2D eigenvalue weighted by atomic mass is 11.4. The Hall–Kier alpha value is -0.460. The van der Waals surface area contributed by atoms with E-state index in [1.165, 1.54) is 12.7 Å². The van der Waals surface area contributed by atoms with Crippen molar-refractivity contribution in [2.45, 2.75) is 0 Å². The lowest BCUT2D eigenvalue weighted by Crippen LogP contribution is -1.56. The second kappa shape index (κ2) is 3.53. The first-order chi connectivity index (χ1) is 4.00. The summed E-state index contributed by atoms with van der Waals surface area (Å²) in [7, 11) is 1.31. The van der Waals surface area contributed by atoms with E-state index in [0.29, 0.717) is 17.0 Å². The van der Waals surface area contributed by atoms with E-state index in [-0.39, 0.29) is 0 Å². The van der Waals surface area contributed by atoms with Crippen LogP contribution in [-0.2, 0) is 0 Å². The van der Waals surface area contributed by atoms with Gasteiger partial charge >= 0.3 is 0 Å². The maximum Gasteiger partial charge on any atom is 0.157 e. The van der Waals surface area contributed by atoms with Crippen molar-refractivity contribution >= 4 is 29.7 Å². The smallest absolute Gasteiger partial charge is 0.157 e. The first-order valence-electron chi connectivity index (χ1n) is 1.83. The van der Waals surface area contributed by atoms with Crippen molar-refractivity contribution in [2.24, 2.45) is 19.0 Å². The molecule has 0 aromatic heterocycles. The zero-order chi connectivity index (χ0) is 5.66. The molecule has 0 atom stereocenters. The molecule has 1 aliphatic rings. The lowest BCUT2D eigenvalue weighted by molar-refractivity contribution is 1.71. The van der Waals surface area contributed by atoms with Crippen LogP contribution in [0.4, 0.5) is 0 Å². The van der Waals surface area contributed by atoms with Crippen molar-refractivity contribution in [2.75, 3.05) is 0 Å². The number of rotatable bonds is 0. The average molecular weight is 144 g/mol. The fraction of sp³-hybridized carbons (Fsp3) is 0. The van der Waals surface area contributed by atoms with Gasteiger partial charge in [0.05, 0.1) is 0 Å². The summed E-state index contributed by atoms with van der Waals surface area (Å²) in [6.07, 6.45) is 2.92. The molecule has 0 aliphatic carbocycles. The zero-order valence-corrected chi connectivity index (χ0v) is 5.63. The Morgan fingerprint density at radius 1 is 0.875 bits per heavy atom. The van der Waals surface area contributed by atoms with Crippen LogP contribution < -0.4 is 0 Å². The molecule has 0 N–H and O–H groups in total. The maximum atomic E-state index is 3.75. The summed E-state index contributed by atoms with van der Waals surface area (Å²) >= 11 is 0. The molecule has 6 heteroatoms. The minimum atomic E-state index is 0.657. The third kappa shape index (κ3) is 2.01. The highest BCUT2D eigenvalue weighted by Gasteiger charge is 1.69. The molecule has 1 rings (SSSR count). The SMILES string of the molecule is C1=N\P=N/C=N\P=N/1. The molecule has 0 amide bonds. The van der Waals surface area contributed by atoms with E-state index in [9.17, 15) is 0 Å². The molecule has 0 saturated carbocycles. The average Bonchev–Trinajstić information content (AvgIpc) is 1.62. The molecule has 0 aromatic carbocycles. The topological polar surface area (TPSA) is 49.4 Å². The Morgan fingerprint density at radius 2 is 1.38 bits per heavy atom. The molecule has 0 fully saturated rings. The van der Waals surface area contributed by atoms with Crippen molar-refractivity contribution in [3.8, 4) is 0 Å². The minimum absolute atomic E-state index is 0.657. The van der Waals surface area contributed by atoms with E-state index in [4.69, 9.17) is 0 Å². The molecular formula is C2H2N4P2. The molecule has 0 spiro atoms. The molecule has 0 saturated heterocycles. The van der Waals surface area contributed by atoms with Gasteiger partial charge in [-0.25, -0.2) is 0 Å². The number of hydrogen-bond acceptors (Lipinski definition) is 4. The molecule has 4 nitrogen and oxygen atoms in total. The van der Waals surface area contributed by atoms with Gasteiger partial charge in [-0.3, -0.25) is 0 Å². The number of hydrogen-bond donors (Lipinski definition) is 0. The van der Waals surface area contributed by atoms with Gasteiger partial charge in [0.1, 0.15) is 12.7 Å². The Kier molecular flexibility index (Phi) is 2.50. The maximum absolute atomic E-state index is 3.75. The van der Waals surface area contributed by atoms with Gasteiger partial charge in [-0.1, -0.05) is 0 Å². The molecular weight excluding hydrogens is 142 g/mol. The zero-order valence-electron chi connectivity index (χ0n) is 3.84. The molecule has 1 aliphatic heterocycles. The van der Waals surface area contributed by atoms with Crippen molar-refractivity contribution in [1.82, 2.24) is 0 Å². The summed E-state index contributed by atoms with van der Waals surface area (Å²) in [4.78, 5) is 0. The normalized spacial score (nSPS) is 32.0.